The predicted octanol–water partition coefficient (Wildman–Crippen LogP) is 2.90. The van der Waals surface area contributed by atoms with Crippen molar-refractivity contribution in [2.45, 2.75) is 25.5 Å². The van der Waals surface area contributed by atoms with E-state index in [2.05, 4.69) is 0 Å². The summed E-state index contributed by atoms with van der Waals surface area (Å²) in [7, 11) is 0. The van der Waals surface area contributed by atoms with Gasteiger partial charge in [-0.2, -0.15) is 0 Å². The van der Waals surface area contributed by atoms with Gasteiger partial charge >= 0.3 is 0 Å². The van der Waals surface area contributed by atoms with Gasteiger partial charge in [0.05, 0.1) is 5.54 Å². The van der Waals surface area contributed by atoms with E-state index in [1.165, 1.54) is 5.56 Å². The first-order valence-electron chi connectivity index (χ1n) is 6.11. The summed E-state index contributed by atoms with van der Waals surface area (Å²) < 4.78 is 0. The molecule has 94 valence electrons. The summed E-state index contributed by atoms with van der Waals surface area (Å²) in [4.78, 5) is 0. The topological polar surface area (TPSA) is 46.2 Å². The molecule has 2 heteroatoms. The van der Waals surface area contributed by atoms with Crippen LogP contribution in [0.5, 0.6) is 0 Å². The first kappa shape index (κ1) is 12.8. The minimum Gasteiger partial charge on any atom is -0.386 e. The second kappa shape index (κ2) is 4.92. The second-order valence-electron chi connectivity index (χ2n) is 4.96. The van der Waals surface area contributed by atoms with Crippen LogP contribution in [0.3, 0.4) is 0 Å². The zero-order valence-corrected chi connectivity index (χ0v) is 10.8. The van der Waals surface area contributed by atoms with Gasteiger partial charge in [0.2, 0.25) is 0 Å². The number of aryl methyl sites for hydroxylation is 1. The lowest BCUT2D eigenvalue weighted by atomic mass is 9.84. The molecule has 0 bridgehead atoms. The Bertz CT molecular complexity index is 502. The molecule has 0 saturated carbocycles. The average Bonchev–Trinajstić information content (AvgIpc) is 2.40. The lowest BCUT2D eigenvalue weighted by Gasteiger charge is -2.31. The Labute approximate surface area is 108 Å². The van der Waals surface area contributed by atoms with Gasteiger partial charge in [-0.05, 0) is 25.0 Å². The fourth-order valence-corrected chi connectivity index (χ4v) is 2.05. The van der Waals surface area contributed by atoms with E-state index in [4.69, 9.17) is 5.73 Å². The van der Waals surface area contributed by atoms with E-state index < -0.39 is 11.6 Å². The smallest absolute Gasteiger partial charge is 0.101 e. The minimum absolute atomic E-state index is 0.722. The molecule has 2 atom stereocenters. The molecule has 3 N–H and O–H groups in total. The van der Waals surface area contributed by atoms with Gasteiger partial charge in [0.1, 0.15) is 6.10 Å². The maximum absolute atomic E-state index is 10.5. The highest BCUT2D eigenvalue weighted by Crippen LogP contribution is 2.32. The van der Waals surface area contributed by atoms with Crippen molar-refractivity contribution in [3.05, 3.63) is 71.3 Å². The molecule has 0 spiro atoms. The third-order valence-electron chi connectivity index (χ3n) is 3.36. The normalized spacial score (nSPS) is 16.0. The van der Waals surface area contributed by atoms with Crippen LogP contribution in [0.4, 0.5) is 0 Å². The highest BCUT2D eigenvalue weighted by atomic mass is 16.3. The van der Waals surface area contributed by atoms with Gasteiger partial charge in [-0.1, -0.05) is 60.2 Å². The standard InChI is InChI=1S/C16H19NO/c1-12-8-10-13(11-9-12)15(18)16(2,17)14-6-4-3-5-7-14/h3-11,15,18H,17H2,1-2H3. The van der Waals surface area contributed by atoms with Gasteiger partial charge in [-0.25, -0.2) is 0 Å². The predicted molar refractivity (Wildman–Crippen MR) is 74.1 cm³/mol. The first-order chi connectivity index (χ1) is 8.51. The fourth-order valence-electron chi connectivity index (χ4n) is 2.05. The second-order valence-corrected chi connectivity index (χ2v) is 4.96. The molecule has 0 fully saturated rings. The molecular formula is C16H19NO. The lowest BCUT2D eigenvalue weighted by Crippen LogP contribution is -2.39. The van der Waals surface area contributed by atoms with Crippen molar-refractivity contribution >= 4 is 0 Å². The molecule has 0 aromatic heterocycles. The van der Waals surface area contributed by atoms with Crippen molar-refractivity contribution in [3.8, 4) is 0 Å². The number of benzene rings is 2. The molecule has 0 amide bonds. The first-order valence-corrected chi connectivity index (χ1v) is 6.11. The van der Waals surface area contributed by atoms with Crippen molar-refractivity contribution in [1.29, 1.82) is 0 Å². The summed E-state index contributed by atoms with van der Waals surface area (Å²) >= 11 is 0. The Kier molecular flexibility index (Phi) is 3.50. The van der Waals surface area contributed by atoms with Gasteiger partial charge < -0.3 is 10.8 Å². The van der Waals surface area contributed by atoms with Gasteiger partial charge in [0.15, 0.2) is 0 Å². The van der Waals surface area contributed by atoms with E-state index in [9.17, 15) is 5.11 Å². The molecule has 0 radical (unpaired) electrons. The van der Waals surface area contributed by atoms with E-state index in [0.29, 0.717) is 0 Å². The maximum atomic E-state index is 10.5. The van der Waals surface area contributed by atoms with Crippen molar-refractivity contribution < 1.29 is 5.11 Å². The molecule has 2 nitrogen and oxygen atoms in total. The Morgan fingerprint density at radius 2 is 1.56 bits per heavy atom. The summed E-state index contributed by atoms with van der Waals surface area (Å²) in [5, 5.41) is 10.5. The number of rotatable bonds is 3. The number of nitrogens with two attached hydrogens (primary N) is 1. The fraction of sp³-hybridized carbons (Fsp3) is 0.250. The monoisotopic (exact) mass is 241 g/mol. The third-order valence-corrected chi connectivity index (χ3v) is 3.36. The molecular weight excluding hydrogens is 222 g/mol. The van der Waals surface area contributed by atoms with Crippen molar-refractivity contribution in [3.63, 3.8) is 0 Å². The molecule has 0 aliphatic rings. The lowest BCUT2D eigenvalue weighted by molar-refractivity contribution is 0.0932. The molecule has 0 aliphatic heterocycles. The number of aliphatic hydroxyl groups excluding tert-OH is 1. The van der Waals surface area contributed by atoms with Crippen LogP contribution in [-0.4, -0.2) is 5.11 Å². The zero-order valence-electron chi connectivity index (χ0n) is 10.8. The van der Waals surface area contributed by atoms with Crippen LogP contribution in [0.2, 0.25) is 0 Å². The van der Waals surface area contributed by atoms with Crippen LogP contribution >= 0.6 is 0 Å². The van der Waals surface area contributed by atoms with Crippen LogP contribution in [0.15, 0.2) is 54.6 Å². The van der Waals surface area contributed by atoms with Gasteiger partial charge in [-0.3, -0.25) is 0 Å². The molecule has 0 heterocycles. The molecule has 18 heavy (non-hydrogen) atoms. The van der Waals surface area contributed by atoms with E-state index in [1.807, 2.05) is 68.4 Å². The number of hydrogen-bond acceptors (Lipinski definition) is 2. The minimum atomic E-state index is -0.795. The highest BCUT2D eigenvalue weighted by Gasteiger charge is 2.31. The Morgan fingerprint density at radius 1 is 1.00 bits per heavy atom. The van der Waals surface area contributed by atoms with Crippen molar-refractivity contribution in [2.24, 2.45) is 5.73 Å². The van der Waals surface area contributed by atoms with Crippen molar-refractivity contribution in [1.82, 2.24) is 0 Å². The van der Waals surface area contributed by atoms with E-state index in [-0.39, 0.29) is 0 Å². The van der Waals surface area contributed by atoms with Gasteiger partial charge in [-0.15, -0.1) is 0 Å². The van der Waals surface area contributed by atoms with Crippen LogP contribution in [0, 0.1) is 6.92 Å². The highest BCUT2D eigenvalue weighted by molar-refractivity contribution is 5.31. The summed E-state index contributed by atoms with van der Waals surface area (Å²) in [5.41, 5.74) is 8.45. The molecule has 2 aromatic rings. The van der Waals surface area contributed by atoms with E-state index in [0.717, 1.165) is 11.1 Å². The summed E-state index contributed by atoms with van der Waals surface area (Å²) in [6.07, 6.45) is -0.722. The Hall–Kier alpha value is -1.64. The van der Waals surface area contributed by atoms with E-state index in [1.54, 1.807) is 0 Å². The molecule has 2 unspecified atom stereocenters. The summed E-state index contributed by atoms with van der Waals surface area (Å²) in [5.74, 6) is 0. The number of hydrogen-bond donors (Lipinski definition) is 2. The Morgan fingerprint density at radius 3 is 2.11 bits per heavy atom. The molecule has 0 aliphatic carbocycles. The van der Waals surface area contributed by atoms with Gasteiger partial charge in [0.25, 0.3) is 0 Å². The average molecular weight is 241 g/mol. The third kappa shape index (κ3) is 2.45. The Balaban J connectivity index is 2.32. The maximum Gasteiger partial charge on any atom is 0.101 e. The largest absolute Gasteiger partial charge is 0.386 e. The van der Waals surface area contributed by atoms with Gasteiger partial charge in [0, 0.05) is 0 Å². The van der Waals surface area contributed by atoms with E-state index >= 15 is 0 Å². The molecule has 2 rings (SSSR count). The SMILES string of the molecule is Cc1ccc(C(O)C(C)(N)c2ccccc2)cc1. The van der Waals surface area contributed by atoms with Crippen LogP contribution in [0.1, 0.15) is 29.7 Å². The number of aliphatic hydroxyl groups is 1. The van der Waals surface area contributed by atoms with Crippen LogP contribution < -0.4 is 5.73 Å². The molecule has 2 aromatic carbocycles. The summed E-state index contributed by atoms with van der Waals surface area (Å²) in [6.45, 7) is 3.88. The van der Waals surface area contributed by atoms with Crippen LogP contribution in [-0.2, 0) is 5.54 Å². The molecule has 0 saturated heterocycles. The zero-order chi connectivity index (χ0) is 13.2. The quantitative estimate of drug-likeness (QED) is 0.868. The van der Waals surface area contributed by atoms with Crippen molar-refractivity contribution in [2.75, 3.05) is 0 Å². The summed E-state index contributed by atoms with van der Waals surface area (Å²) in [6, 6.07) is 17.5. The van der Waals surface area contributed by atoms with Crippen LogP contribution in [0.25, 0.3) is 0 Å².